The summed E-state index contributed by atoms with van der Waals surface area (Å²) in [5.74, 6) is 1.67. The molecule has 206 valence electrons. The number of nitrogens with zero attached hydrogens (tertiary/aromatic N) is 5. The van der Waals surface area contributed by atoms with Gasteiger partial charge < -0.3 is 10.6 Å². The molecular weight excluding hydrogens is 521 g/mol. The Morgan fingerprint density at radius 2 is 1.90 bits per heavy atom. The average molecular weight is 548 g/mol. The normalized spacial score (nSPS) is 20.5. The molecule has 0 amide bonds. The number of hydrogen-bond acceptors (Lipinski definition) is 8. The molecule has 11 nitrogen and oxygen atoms in total. The molecule has 0 bridgehead atoms. The highest BCUT2D eigenvalue weighted by molar-refractivity contribution is 6.01. The number of aromatic nitrogens is 2. The molecule has 2 aliphatic rings. The molecule has 0 aliphatic carbocycles. The lowest BCUT2D eigenvalue weighted by atomic mass is 10.1. The van der Waals surface area contributed by atoms with Crippen molar-refractivity contribution in [3.05, 3.63) is 56.6 Å². The van der Waals surface area contributed by atoms with E-state index in [0.29, 0.717) is 12.8 Å². The number of fused-ring (bicyclic) bond motifs is 1. The number of carbonyl (C=O) groups excluding carboxylic acids is 2. The van der Waals surface area contributed by atoms with Crippen molar-refractivity contribution >= 4 is 29.1 Å². The van der Waals surface area contributed by atoms with Crippen LogP contribution in [0.5, 0.6) is 0 Å². The van der Waals surface area contributed by atoms with Gasteiger partial charge in [-0.25, -0.2) is 14.2 Å². The summed E-state index contributed by atoms with van der Waals surface area (Å²) in [6.45, 7) is 0.540. The van der Waals surface area contributed by atoms with Crippen molar-refractivity contribution in [2.45, 2.75) is 38.5 Å². The zero-order valence-corrected chi connectivity index (χ0v) is 21.2. The van der Waals surface area contributed by atoms with Crippen LogP contribution >= 0.6 is 0 Å². The van der Waals surface area contributed by atoms with Crippen LogP contribution < -0.4 is 21.5 Å². The van der Waals surface area contributed by atoms with Crippen LogP contribution in [0.1, 0.15) is 30.1 Å². The van der Waals surface area contributed by atoms with Gasteiger partial charge in [0.15, 0.2) is 12.3 Å². The summed E-state index contributed by atoms with van der Waals surface area (Å²) in [5, 5.41) is 0. The Kier molecular flexibility index (Phi) is 7.49. The smallest absolute Gasteiger partial charge is 0.326 e. The van der Waals surface area contributed by atoms with Crippen LogP contribution in [0, 0.1) is 11.8 Å². The van der Waals surface area contributed by atoms with Gasteiger partial charge >= 0.3 is 23.7 Å². The molecule has 4 rings (SSSR count). The zero-order chi connectivity index (χ0) is 28.5. The lowest BCUT2D eigenvalue weighted by Crippen LogP contribution is -2.64. The minimum absolute atomic E-state index is 0.122. The van der Waals surface area contributed by atoms with Crippen molar-refractivity contribution in [1.29, 1.82) is 0 Å². The van der Waals surface area contributed by atoms with Crippen molar-refractivity contribution < 1.29 is 27.6 Å². The van der Waals surface area contributed by atoms with E-state index in [4.69, 9.17) is 10.6 Å². The van der Waals surface area contributed by atoms with Crippen molar-refractivity contribution in [1.82, 2.24) is 18.9 Å². The Morgan fingerprint density at radius 1 is 1.21 bits per heavy atom. The van der Waals surface area contributed by atoms with E-state index in [1.54, 1.807) is 18.2 Å². The van der Waals surface area contributed by atoms with Gasteiger partial charge in [-0.1, -0.05) is 30.3 Å². The fraction of sp³-hybridized carbons (Fsp3) is 0.400. The predicted octanol–water partition coefficient (Wildman–Crippen LogP) is 1.21. The number of ketones is 1. The quantitative estimate of drug-likeness (QED) is 0.339. The monoisotopic (exact) mass is 547 g/mol. The number of aliphatic imine (C=N–C) groups is 1. The summed E-state index contributed by atoms with van der Waals surface area (Å²) in [7, 11) is 1.23. The number of guanidine groups is 1. The van der Waals surface area contributed by atoms with Gasteiger partial charge in [-0.05, 0) is 30.3 Å². The number of piperidine rings is 1. The van der Waals surface area contributed by atoms with E-state index in [2.05, 4.69) is 16.8 Å². The lowest BCUT2D eigenvalue weighted by Gasteiger charge is -2.37. The summed E-state index contributed by atoms with van der Waals surface area (Å²) in [6, 6.07) is 7.57. The number of hydroxylamine groups is 2. The first-order valence-corrected chi connectivity index (χ1v) is 12.0. The summed E-state index contributed by atoms with van der Waals surface area (Å²) in [4.78, 5) is 63.3. The van der Waals surface area contributed by atoms with E-state index < -0.39 is 58.2 Å². The minimum atomic E-state index is -5.43. The maximum absolute atomic E-state index is 13.9. The third-order valence-electron chi connectivity index (χ3n) is 6.49. The topological polar surface area (TPSA) is 129 Å². The van der Waals surface area contributed by atoms with E-state index >= 15 is 0 Å². The molecule has 14 heteroatoms. The SMILES string of the molecule is CC#CC[N@+]1(OC(=O)C(F)(F)F)C(N2CCCC(N)C2)=Nc2c1c(=O)n(CC(=O)c1ccccc1)n(C)c2=O. The van der Waals surface area contributed by atoms with Crippen molar-refractivity contribution in [3.63, 3.8) is 0 Å². The first kappa shape index (κ1) is 27.8. The molecular formula is C25H26F3N6O5+. The maximum Gasteiger partial charge on any atom is 0.497 e. The first-order valence-electron chi connectivity index (χ1n) is 12.0. The zero-order valence-electron chi connectivity index (χ0n) is 21.2. The van der Waals surface area contributed by atoms with Crippen LogP contribution in [-0.2, 0) is 23.2 Å². The van der Waals surface area contributed by atoms with Crippen LogP contribution in [0.2, 0.25) is 0 Å². The summed E-state index contributed by atoms with van der Waals surface area (Å²) >= 11 is 0. The van der Waals surface area contributed by atoms with Crippen LogP contribution in [0.15, 0.2) is 44.9 Å². The number of benzene rings is 1. The average Bonchev–Trinajstić information content (AvgIpc) is 3.23. The second kappa shape index (κ2) is 10.5. The standard InChI is InChI=1S/C25H26F3N6O5/c1-3-4-13-34(39-23(38)25(26,27)28)20-19(30-24(34)32-12-8-11-17(29)14-32)21(36)31(2)33(22(20)37)15-18(35)16-9-6-5-7-10-16/h5-7,9-10,17H,8,11-15,29H2,1-2H3/q+1/t17?,34-/m1/s1. The highest BCUT2D eigenvalue weighted by atomic mass is 19.4. The number of nitrogens with two attached hydrogens (primary N) is 1. The van der Waals surface area contributed by atoms with Gasteiger partial charge in [0.25, 0.3) is 11.2 Å². The Balaban J connectivity index is 1.96. The van der Waals surface area contributed by atoms with E-state index in [-0.39, 0.29) is 30.7 Å². The molecule has 0 saturated carbocycles. The Hall–Kier alpha value is -4.22. The first-order chi connectivity index (χ1) is 18.4. The number of likely N-dealkylation sites (tertiary alicyclic amines) is 1. The van der Waals surface area contributed by atoms with E-state index in [9.17, 15) is 32.3 Å². The summed E-state index contributed by atoms with van der Waals surface area (Å²) < 4.78 is 40.6. The fourth-order valence-corrected chi connectivity index (χ4v) is 4.60. The number of hydrogen-bond donors (Lipinski definition) is 1. The molecule has 39 heavy (non-hydrogen) atoms. The Labute approximate surface area is 220 Å². The van der Waals surface area contributed by atoms with Gasteiger partial charge in [-0.3, -0.25) is 19.2 Å². The van der Waals surface area contributed by atoms with E-state index in [1.807, 2.05) is 0 Å². The van der Waals surface area contributed by atoms with Gasteiger partial charge in [0.1, 0.15) is 6.54 Å². The van der Waals surface area contributed by atoms with Crippen LogP contribution in [-0.4, -0.2) is 63.8 Å². The Bertz CT molecular complexity index is 1520. The number of carbonyl (C=O) groups is 2. The second-order valence-corrected chi connectivity index (χ2v) is 9.14. The van der Waals surface area contributed by atoms with Crippen molar-refractivity contribution in [2.75, 3.05) is 19.6 Å². The van der Waals surface area contributed by atoms with Gasteiger partial charge in [0, 0.05) is 31.7 Å². The van der Waals surface area contributed by atoms with Crippen LogP contribution in [0.25, 0.3) is 0 Å². The highest BCUT2D eigenvalue weighted by Gasteiger charge is 2.59. The molecule has 3 heterocycles. The molecule has 0 radical (unpaired) electrons. The third kappa shape index (κ3) is 5.10. The highest BCUT2D eigenvalue weighted by Crippen LogP contribution is 2.38. The number of Topliss-reactive ketones (excluding diaryl/α,β-unsaturated/α-hetero) is 1. The van der Waals surface area contributed by atoms with Gasteiger partial charge in [-0.15, -0.1) is 5.92 Å². The lowest BCUT2D eigenvalue weighted by molar-refractivity contribution is -0.222. The van der Waals surface area contributed by atoms with E-state index in [1.165, 1.54) is 31.0 Å². The molecule has 1 unspecified atom stereocenters. The number of quaternary nitrogens is 1. The maximum atomic E-state index is 13.9. The molecule has 2 N–H and O–H groups in total. The third-order valence-corrected chi connectivity index (χ3v) is 6.49. The van der Waals surface area contributed by atoms with Crippen molar-refractivity contribution in [2.24, 2.45) is 17.8 Å². The summed E-state index contributed by atoms with van der Waals surface area (Å²) in [6.07, 6.45) is -4.26. The Morgan fingerprint density at radius 3 is 2.51 bits per heavy atom. The van der Waals surface area contributed by atoms with Crippen LogP contribution in [0.3, 0.4) is 0 Å². The minimum Gasteiger partial charge on any atom is -0.326 e. The van der Waals surface area contributed by atoms with Crippen LogP contribution in [0.4, 0.5) is 24.5 Å². The number of rotatable bonds is 5. The summed E-state index contributed by atoms with van der Waals surface area (Å²) in [5.41, 5.74) is 3.27. The van der Waals surface area contributed by atoms with Gasteiger partial charge in [0.2, 0.25) is 5.69 Å². The molecule has 0 spiro atoms. The molecule has 1 aromatic heterocycles. The second-order valence-electron chi connectivity index (χ2n) is 9.14. The molecule has 1 saturated heterocycles. The molecule has 1 aromatic carbocycles. The van der Waals surface area contributed by atoms with Gasteiger partial charge in [0.05, 0.1) is 0 Å². The molecule has 2 aromatic rings. The molecule has 2 aliphatic heterocycles. The number of alkyl halides is 3. The molecule has 1 fully saturated rings. The van der Waals surface area contributed by atoms with Gasteiger partial charge in [-0.2, -0.15) is 18.2 Å². The predicted molar refractivity (Wildman–Crippen MR) is 135 cm³/mol. The number of halogens is 3. The fourth-order valence-electron chi connectivity index (χ4n) is 4.60. The largest absolute Gasteiger partial charge is 0.497 e. The van der Waals surface area contributed by atoms with Crippen molar-refractivity contribution in [3.8, 4) is 11.8 Å². The van der Waals surface area contributed by atoms with E-state index in [0.717, 1.165) is 9.36 Å². The molecule has 2 atom stereocenters.